The summed E-state index contributed by atoms with van der Waals surface area (Å²) in [5, 5.41) is 0.578. The van der Waals surface area contributed by atoms with E-state index >= 15 is 0 Å². The van der Waals surface area contributed by atoms with Crippen LogP contribution in [0.2, 0.25) is 5.02 Å². The molecule has 0 unspecified atom stereocenters. The number of hydrogen-bond donors (Lipinski definition) is 0. The zero-order chi connectivity index (χ0) is 23.7. The van der Waals surface area contributed by atoms with Gasteiger partial charge in [-0.05, 0) is 38.0 Å². The molecule has 0 aliphatic carbocycles. The van der Waals surface area contributed by atoms with Gasteiger partial charge >= 0.3 is 0 Å². The molecule has 2 aromatic heterocycles. The van der Waals surface area contributed by atoms with E-state index in [0.717, 1.165) is 67.4 Å². The van der Waals surface area contributed by atoms with Gasteiger partial charge in [-0.3, -0.25) is 4.90 Å². The number of imidazole rings is 1. The van der Waals surface area contributed by atoms with Crippen molar-refractivity contribution in [3.63, 3.8) is 0 Å². The van der Waals surface area contributed by atoms with E-state index in [1.54, 1.807) is 7.11 Å². The number of aryl methyl sites for hydroxylation is 1. The van der Waals surface area contributed by atoms with Crippen LogP contribution in [0.4, 0.5) is 10.2 Å². The number of benzene rings is 1. The highest BCUT2D eigenvalue weighted by Gasteiger charge is 2.29. The first-order chi connectivity index (χ1) is 16.6. The van der Waals surface area contributed by atoms with Crippen molar-refractivity contribution in [1.82, 2.24) is 24.4 Å². The fourth-order valence-corrected chi connectivity index (χ4v) is 5.13. The van der Waals surface area contributed by atoms with E-state index in [1.165, 1.54) is 0 Å². The lowest BCUT2D eigenvalue weighted by atomic mass is 10.1. The van der Waals surface area contributed by atoms with E-state index < -0.39 is 0 Å². The van der Waals surface area contributed by atoms with Gasteiger partial charge < -0.3 is 18.9 Å². The number of alkyl halides is 1. The first-order valence-corrected chi connectivity index (χ1v) is 12.2. The molecule has 0 amide bonds. The van der Waals surface area contributed by atoms with Gasteiger partial charge in [0.05, 0.1) is 12.1 Å². The number of halogens is 2. The molecule has 0 radical (unpaired) electrons. The maximum atomic E-state index is 12.8. The van der Waals surface area contributed by atoms with Crippen LogP contribution in [0.1, 0.15) is 24.7 Å². The molecular weight excluding hydrogens is 459 g/mol. The quantitative estimate of drug-likeness (QED) is 0.521. The number of fused-ring (bicyclic) bond motifs is 1. The third-order valence-electron chi connectivity index (χ3n) is 6.68. The Bertz CT molecular complexity index is 1160. The lowest BCUT2D eigenvalue weighted by Crippen LogP contribution is -2.47. The maximum absolute atomic E-state index is 12.8. The minimum atomic E-state index is -0.321. The van der Waals surface area contributed by atoms with Gasteiger partial charge in [-0.15, -0.1) is 0 Å². The first-order valence-electron chi connectivity index (χ1n) is 11.8. The Hall–Kier alpha value is -2.49. The molecule has 5 rings (SSSR count). The minimum absolute atomic E-state index is 0.204. The summed E-state index contributed by atoms with van der Waals surface area (Å²) >= 11 is 6.71. The van der Waals surface area contributed by atoms with Gasteiger partial charge in [-0.2, -0.15) is 0 Å². The number of piperazine rings is 1. The molecule has 10 heteroatoms. The lowest BCUT2D eigenvalue weighted by Gasteiger charge is -2.35. The highest BCUT2D eigenvalue weighted by Crippen LogP contribution is 2.38. The van der Waals surface area contributed by atoms with Gasteiger partial charge in [0.2, 0.25) is 0 Å². The van der Waals surface area contributed by atoms with Crippen LogP contribution in [-0.2, 0) is 4.74 Å². The van der Waals surface area contributed by atoms with Crippen LogP contribution in [0.15, 0.2) is 18.2 Å². The van der Waals surface area contributed by atoms with Crippen LogP contribution in [0.3, 0.4) is 0 Å². The van der Waals surface area contributed by atoms with Crippen LogP contribution in [0, 0.1) is 6.92 Å². The van der Waals surface area contributed by atoms with E-state index in [0.29, 0.717) is 36.4 Å². The van der Waals surface area contributed by atoms with Crippen LogP contribution >= 0.6 is 11.6 Å². The van der Waals surface area contributed by atoms with E-state index in [-0.39, 0.29) is 12.7 Å². The number of hydrogen-bond acceptors (Lipinski definition) is 7. The summed E-state index contributed by atoms with van der Waals surface area (Å²) in [6.45, 7) is 6.62. The number of anilines is 1. The predicted octanol–water partition coefficient (Wildman–Crippen LogP) is 3.91. The van der Waals surface area contributed by atoms with E-state index in [2.05, 4.69) is 14.4 Å². The molecule has 0 bridgehead atoms. The second-order valence-electron chi connectivity index (χ2n) is 8.78. The molecule has 2 saturated heterocycles. The SMILES string of the molecule is COc1ccc(-c2nc3c(N4CCN(CCF)CC4)nc(C)nc3n2C2CCOCC2)c(Cl)c1. The second kappa shape index (κ2) is 10.0. The van der Waals surface area contributed by atoms with Crippen molar-refractivity contribution in [3.05, 3.63) is 29.0 Å². The molecule has 4 heterocycles. The zero-order valence-electron chi connectivity index (χ0n) is 19.6. The number of ether oxygens (including phenoxy) is 2. The summed E-state index contributed by atoms with van der Waals surface area (Å²) < 4.78 is 26.0. The summed E-state index contributed by atoms with van der Waals surface area (Å²) in [7, 11) is 1.63. The zero-order valence-corrected chi connectivity index (χ0v) is 20.4. The highest BCUT2D eigenvalue weighted by molar-refractivity contribution is 6.33. The van der Waals surface area contributed by atoms with Crippen molar-refractivity contribution in [2.45, 2.75) is 25.8 Å². The van der Waals surface area contributed by atoms with Crippen LogP contribution < -0.4 is 9.64 Å². The summed E-state index contributed by atoms with van der Waals surface area (Å²) in [5.74, 6) is 3.02. The number of nitrogens with zero attached hydrogens (tertiary/aromatic N) is 6. The van der Waals surface area contributed by atoms with Crippen molar-refractivity contribution in [3.8, 4) is 17.1 Å². The summed E-state index contributed by atoms with van der Waals surface area (Å²) in [6.07, 6.45) is 1.76. The monoisotopic (exact) mass is 488 g/mol. The van der Waals surface area contributed by atoms with Crippen LogP contribution in [0.25, 0.3) is 22.6 Å². The van der Waals surface area contributed by atoms with Crippen molar-refractivity contribution >= 4 is 28.6 Å². The number of methoxy groups -OCH3 is 1. The normalized spacial score (nSPS) is 18.1. The van der Waals surface area contributed by atoms with Crippen molar-refractivity contribution in [2.75, 3.05) is 64.6 Å². The predicted molar refractivity (Wildman–Crippen MR) is 131 cm³/mol. The molecule has 2 aliphatic heterocycles. The molecule has 0 saturated carbocycles. The Morgan fingerprint density at radius 2 is 1.88 bits per heavy atom. The fraction of sp³-hybridized carbons (Fsp3) is 0.542. The number of aromatic nitrogens is 4. The van der Waals surface area contributed by atoms with Gasteiger partial charge in [0.15, 0.2) is 17.0 Å². The molecular formula is C24H30ClFN6O2. The molecule has 3 aromatic rings. The Balaban J connectivity index is 1.64. The van der Waals surface area contributed by atoms with Gasteiger partial charge in [0, 0.05) is 57.5 Å². The Morgan fingerprint density at radius 1 is 1.12 bits per heavy atom. The van der Waals surface area contributed by atoms with Gasteiger partial charge in [-0.1, -0.05) is 11.6 Å². The molecule has 1 aromatic carbocycles. The molecule has 8 nitrogen and oxygen atoms in total. The molecule has 2 fully saturated rings. The molecule has 0 atom stereocenters. The highest BCUT2D eigenvalue weighted by atomic mass is 35.5. The largest absolute Gasteiger partial charge is 0.497 e. The first kappa shape index (κ1) is 23.3. The molecule has 34 heavy (non-hydrogen) atoms. The standard InChI is InChI=1S/C24H30ClFN6O2/c1-16-27-23(31-11-9-30(8-7-26)10-12-31)21-24(28-16)32(17-5-13-34-14-6-17)22(29-21)19-4-3-18(33-2)15-20(19)25/h3-4,15,17H,5-14H2,1-2H3. The van der Waals surface area contributed by atoms with E-state index in [9.17, 15) is 4.39 Å². The molecule has 0 spiro atoms. The van der Waals surface area contributed by atoms with Crippen LogP contribution in [-0.4, -0.2) is 84.1 Å². The second-order valence-corrected chi connectivity index (χ2v) is 9.19. The third-order valence-corrected chi connectivity index (χ3v) is 6.99. The summed E-state index contributed by atoms with van der Waals surface area (Å²) in [6, 6.07) is 5.87. The topological polar surface area (TPSA) is 68.5 Å². The summed E-state index contributed by atoms with van der Waals surface area (Å²) in [4.78, 5) is 19.2. The Labute approximate surface area is 203 Å². The van der Waals surface area contributed by atoms with Crippen molar-refractivity contribution < 1.29 is 13.9 Å². The average Bonchev–Trinajstić information content (AvgIpc) is 3.23. The Morgan fingerprint density at radius 3 is 2.56 bits per heavy atom. The molecule has 0 N–H and O–H groups in total. The maximum Gasteiger partial charge on any atom is 0.166 e. The average molecular weight is 489 g/mol. The summed E-state index contributed by atoms with van der Waals surface area (Å²) in [5.41, 5.74) is 2.43. The van der Waals surface area contributed by atoms with E-state index in [1.807, 2.05) is 25.1 Å². The fourth-order valence-electron chi connectivity index (χ4n) is 4.87. The lowest BCUT2D eigenvalue weighted by molar-refractivity contribution is 0.0708. The van der Waals surface area contributed by atoms with Crippen LogP contribution in [0.5, 0.6) is 5.75 Å². The Kier molecular flexibility index (Phi) is 6.85. The van der Waals surface area contributed by atoms with Crippen molar-refractivity contribution in [2.24, 2.45) is 0 Å². The van der Waals surface area contributed by atoms with Gasteiger partial charge in [0.1, 0.15) is 24.1 Å². The van der Waals surface area contributed by atoms with Crippen molar-refractivity contribution in [1.29, 1.82) is 0 Å². The molecule has 182 valence electrons. The molecule has 2 aliphatic rings. The van der Waals surface area contributed by atoms with E-state index in [4.69, 9.17) is 36.0 Å². The number of rotatable bonds is 6. The third kappa shape index (κ3) is 4.44. The van der Waals surface area contributed by atoms with Gasteiger partial charge in [-0.25, -0.2) is 19.3 Å². The smallest absolute Gasteiger partial charge is 0.166 e. The minimum Gasteiger partial charge on any atom is -0.497 e. The van der Waals surface area contributed by atoms with Gasteiger partial charge in [0.25, 0.3) is 0 Å².